The first kappa shape index (κ1) is 13.5. The number of benzene rings is 1. The lowest BCUT2D eigenvalue weighted by Crippen LogP contribution is -2.35. The van der Waals surface area contributed by atoms with Crippen LogP contribution in [0.15, 0.2) is 16.6 Å². The third kappa shape index (κ3) is 2.29. The second-order valence-electron chi connectivity index (χ2n) is 4.82. The summed E-state index contributed by atoms with van der Waals surface area (Å²) in [6.07, 6.45) is 1.51. The van der Waals surface area contributed by atoms with Crippen molar-refractivity contribution in [1.29, 1.82) is 0 Å². The van der Waals surface area contributed by atoms with Crippen LogP contribution < -0.4 is 11.1 Å². The minimum absolute atomic E-state index is 0.0801. The Labute approximate surface area is 120 Å². The molecule has 1 saturated carbocycles. The molecule has 96 valence electrons. The molecule has 1 fully saturated rings. The maximum absolute atomic E-state index is 12.2. The van der Waals surface area contributed by atoms with Crippen molar-refractivity contribution in [2.75, 3.05) is 5.32 Å². The van der Waals surface area contributed by atoms with Crippen molar-refractivity contribution >= 4 is 44.7 Å². The first-order valence-electron chi connectivity index (χ1n) is 5.75. The zero-order valence-corrected chi connectivity index (χ0v) is 12.7. The van der Waals surface area contributed by atoms with Crippen LogP contribution in [0.3, 0.4) is 0 Å². The number of hydrogen-bond donors (Lipinski definition) is 2. The van der Waals surface area contributed by atoms with Crippen LogP contribution in [0.1, 0.15) is 24.0 Å². The van der Waals surface area contributed by atoms with Gasteiger partial charge in [-0.15, -0.1) is 0 Å². The van der Waals surface area contributed by atoms with Crippen molar-refractivity contribution < 1.29 is 4.79 Å². The number of nitrogens with two attached hydrogens (primary N) is 1. The van der Waals surface area contributed by atoms with Gasteiger partial charge in [-0.3, -0.25) is 4.79 Å². The average molecular weight is 327 g/mol. The van der Waals surface area contributed by atoms with Crippen LogP contribution in [0, 0.1) is 19.3 Å². The van der Waals surface area contributed by atoms with Crippen LogP contribution in [-0.2, 0) is 4.79 Å². The first-order valence-corrected chi connectivity index (χ1v) is 6.95. The van der Waals surface area contributed by atoms with Crippen molar-refractivity contribution in [3.8, 4) is 0 Å². The van der Waals surface area contributed by atoms with Gasteiger partial charge in [-0.2, -0.15) is 0 Å². The van der Waals surface area contributed by atoms with Gasteiger partial charge in [0.15, 0.2) is 0 Å². The molecule has 18 heavy (non-hydrogen) atoms. The third-order valence-electron chi connectivity index (χ3n) is 3.39. The quantitative estimate of drug-likeness (QED) is 0.839. The minimum atomic E-state index is -0.610. The molecular formula is C13H15BrN2OS. The molecule has 1 aliphatic carbocycles. The maximum atomic E-state index is 12.2. The van der Waals surface area contributed by atoms with Crippen LogP contribution in [0.4, 0.5) is 5.69 Å². The molecule has 0 unspecified atom stereocenters. The molecule has 2 rings (SSSR count). The van der Waals surface area contributed by atoms with Crippen LogP contribution in [0.25, 0.3) is 0 Å². The third-order valence-corrected chi connectivity index (χ3v) is 4.24. The van der Waals surface area contributed by atoms with E-state index in [9.17, 15) is 4.79 Å². The van der Waals surface area contributed by atoms with E-state index in [1.807, 2.05) is 26.0 Å². The average Bonchev–Trinajstić information content (AvgIpc) is 3.03. The van der Waals surface area contributed by atoms with Crippen molar-refractivity contribution in [2.45, 2.75) is 26.7 Å². The minimum Gasteiger partial charge on any atom is -0.392 e. The zero-order chi connectivity index (χ0) is 13.5. The lowest BCUT2D eigenvalue weighted by atomic mass is 10.0. The molecular weight excluding hydrogens is 312 g/mol. The van der Waals surface area contributed by atoms with Gasteiger partial charge in [0.05, 0.1) is 10.4 Å². The number of anilines is 1. The molecule has 3 N–H and O–H groups in total. The van der Waals surface area contributed by atoms with Crippen molar-refractivity contribution in [3.63, 3.8) is 0 Å². The van der Waals surface area contributed by atoms with Crippen LogP contribution in [0.2, 0.25) is 0 Å². The molecule has 1 aliphatic rings. The van der Waals surface area contributed by atoms with Crippen LogP contribution in [0.5, 0.6) is 0 Å². The Morgan fingerprint density at radius 3 is 2.28 bits per heavy atom. The standard InChI is InChI=1S/C13H15BrN2OS/c1-7-5-9(14)6-8(2)10(7)16-12(17)13(3-4-13)11(15)18/h5-6H,3-4H2,1-2H3,(H2,15,18)(H,16,17). The van der Waals surface area contributed by atoms with E-state index in [1.165, 1.54) is 0 Å². The van der Waals surface area contributed by atoms with E-state index in [2.05, 4.69) is 21.2 Å². The van der Waals surface area contributed by atoms with Crippen LogP contribution >= 0.6 is 28.1 Å². The predicted molar refractivity (Wildman–Crippen MR) is 80.7 cm³/mol. The van der Waals surface area contributed by atoms with E-state index >= 15 is 0 Å². The second kappa shape index (κ2) is 4.63. The number of hydrogen-bond acceptors (Lipinski definition) is 2. The van der Waals surface area contributed by atoms with Gasteiger partial charge in [0.1, 0.15) is 0 Å². The molecule has 0 radical (unpaired) electrons. The zero-order valence-electron chi connectivity index (χ0n) is 10.3. The number of carbonyl (C=O) groups excluding carboxylic acids is 1. The van der Waals surface area contributed by atoms with E-state index < -0.39 is 5.41 Å². The summed E-state index contributed by atoms with van der Waals surface area (Å²) in [5, 5.41) is 2.96. The highest BCUT2D eigenvalue weighted by atomic mass is 79.9. The van der Waals surface area contributed by atoms with E-state index in [-0.39, 0.29) is 5.91 Å². The largest absolute Gasteiger partial charge is 0.392 e. The molecule has 1 aromatic carbocycles. The fraction of sp³-hybridized carbons (Fsp3) is 0.385. The Balaban J connectivity index is 2.26. The van der Waals surface area contributed by atoms with Crippen molar-refractivity contribution in [3.05, 3.63) is 27.7 Å². The summed E-state index contributed by atoms with van der Waals surface area (Å²) in [5.41, 5.74) is 7.94. The molecule has 0 heterocycles. The molecule has 3 nitrogen and oxygen atoms in total. The Kier molecular flexibility index (Phi) is 3.47. The van der Waals surface area contributed by atoms with Gasteiger partial charge in [0, 0.05) is 10.2 Å². The summed E-state index contributed by atoms with van der Waals surface area (Å²) in [6.45, 7) is 3.93. The van der Waals surface area contributed by atoms with Gasteiger partial charge < -0.3 is 11.1 Å². The highest BCUT2D eigenvalue weighted by Gasteiger charge is 2.52. The molecule has 0 atom stereocenters. The fourth-order valence-corrected chi connectivity index (χ4v) is 3.03. The van der Waals surface area contributed by atoms with Gasteiger partial charge in [0.2, 0.25) is 5.91 Å². The van der Waals surface area contributed by atoms with Gasteiger partial charge in [-0.05, 0) is 49.9 Å². The number of halogens is 1. The number of carbonyl (C=O) groups is 1. The Hall–Kier alpha value is -0.940. The molecule has 1 aromatic rings. The van der Waals surface area contributed by atoms with Gasteiger partial charge >= 0.3 is 0 Å². The smallest absolute Gasteiger partial charge is 0.237 e. The fourth-order valence-electron chi connectivity index (χ4n) is 2.05. The number of nitrogens with one attached hydrogen (secondary N) is 1. The normalized spacial score (nSPS) is 16.2. The molecule has 0 bridgehead atoms. The summed E-state index contributed by atoms with van der Waals surface area (Å²) in [4.78, 5) is 12.5. The molecule has 0 aliphatic heterocycles. The topological polar surface area (TPSA) is 55.1 Å². The molecule has 0 saturated heterocycles. The van der Waals surface area contributed by atoms with E-state index in [1.54, 1.807) is 0 Å². The Bertz CT molecular complexity index is 515. The van der Waals surface area contributed by atoms with E-state index in [0.29, 0.717) is 4.99 Å². The lowest BCUT2D eigenvalue weighted by Gasteiger charge is -2.17. The maximum Gasteiger partial charge on any atom is 0.237 e. The second-order valence-corrected chi connectivity index (χ2v) is 6.17. The van der Waals surface area contributed by atoms with Crippen molar-refractivity contribution in [2.24, 2.45) is 11.1 Å². The van der Waals surface area contributed by atoms with Gasteiger partial charge in [-0.1, -0.05) is 28.1 Å². The summed E-state index contributed by atoms with van der Waals surface area (Å²) in [7, 11) is 0. The summed E-state index contributed by atoms with van der Waals surface area (Å²) in [5.74, 6) is -0.0801. The van der Waals surface area contributed by atoms with E-state index in [4.69, 9.17) is 18.0 Å². The van der Waals surface area contributed by atoms with Crippen LogP contribution in [-0.4, -0.2) is 10.9 Å². The summed E-state index contributed by atoms with van der Waals surface area (Å²) in [6, 6.07) is 3.95. The predicted octanol–water partition coefficient (Wildman–Crippen LogP) is 3.07. The first-order chi connectivity index (χ1) is 8.36. The number of aryl methyl sites for hydroxylation is 2. The summed E-state index contributed by atoms with van der Waals surface area (Å²) < 4.78 is 1.01. The molecule has 0 spiro atoms. The highest BCUT2D eigenvalue weighted by Crippen LogP contribution is 2.47. The molecule has 0 aromatic heterocycles. The van der Waals surface area contributed by atoms with Crippen molar-refractivity contribution in [1.82, 2.24) is 0 Å². The SMILES string of the molecule is Cc1cc(Br)cc(C)c1NC(=O)C1(C(N)=S)CC1. The molecule has 5 heteroatoms. The Morgan fingerprint density at radius 1 is 1.39 bits per heavy atom. The Morgan fingerprint density at radius 2 is 1.89 bits per heavy atom. The number of rotatable bonds is 3. The monoisotopic (exact) mass is 326 g/mol. The van der Waals surface area contributed by atoms with Gasteiger partial charge in [0.25, 0.3) is 0 Å². The highest BCUT2D eigenvalue weighted by molar-refractivity contribution is 9.10. The number of amides is 1. The number of thiocarbonyl (C=S) groups is 1. The van der Waals surface area contributed by atoms with Gasteiger partial charge in [-0.25, -0.2) is 0 Å². The molecule has 1 amide bonds. The summed E-state index contributed by atoms with van der Waals surface area (Å²) >= 11 is 8.42. The van der Waals surface area contributed by atoms with E-state index in [0.717, 1.165) is 34.1 Å². The lowest BCUT2D eigenvalue weighted by molar-refractivity contribution is -0.118.